The molecule has 1 heterocycles. The van der Waals surface area contributed by atoms with E-state index in [4.69, 9.17) is 0 Å². The summed E-state index contributed by atoms with van der Waals surface area (Å²) in [6, 6.07) is 6.11. The maximum Gasteiger partial charge on any atom is 0.0544 e. The fraction of sp³-hybridized carbons (Fsp3) is 0.417. The predicted octanol–water partition coefficient (Wildman–Crippen LogP) is 2.45. The summed E-state index contributed by atoms with van der Waals surface area (Å²) in [5.74, 6) is 0. The van der Waals surface area contributed by atoms with Gasteiger partial charge >= 0.3 is 0 Å². The Labute approximate surface area is 86.1 Å². The summed E-state index contributed by atoms with van der Waals surface area (Å²) in [5.41, 5.74) is 2.19. The zero-order chi connectivity index (χ0) is 10.2. The van der Waals surface area contributed by atoms with E-state index in [2.05, 4.69) is 16.9 Å². The number of pyridine rings is 1. The first kappa shape index (κ1) is 10.9. The van der Waals surface area contributed by atoms with Gasteiger partial charge in [-0.05, 0) is 38.4 Å². The Morgan fingerprint density at radius 3 is 3.07 bits per heavy atom. The van der Waals surface area contributed by atoms with Gasteiger partial charge in [0.05, 0.1) is 5.69 Å². The molecule has 0 aliphatic heterocycles. The fourth-order valence-corrected chi connectivity index (χ4v) is 1.29. The molecule has 0 saturated heterocycles. The van der Waals surface area contributed by atoms with Crippen molar-refractivity contribution in [1.82, 2.24) is 10.3 Å². The molecule has 2 heteroatoms. The molecule has 0 bridgehead atoms. The van der Waals surface area contributed by atoms with Crippen LogP contribution in [0.4, 0.5) is 0 Å². The summed E-state index contributed by atoms with van der Waals surface area (Å²) in [7, 11) is 0. The van der Waals surface area contributed by atoms with Gasteiger partial charge in [0, 0.05) is 12.2 Å². The van der Waals surface area contributed by atoms with E-state index >= 15 is 0 Å². The molecule has 1 aromatic rings. The zero-order valence-corrected chi connectivity index (χ0v) is 8.79. The monoisotopic (exact) mass is 190 g/mol. The van der Waals surface area contributed by atoms with Crippen LogP contribution in [0.1, 0.15) is 24.2 Å². The molecule has 0 unspecified atom stereocenters. The molecule has 0 aliphatic carbocycles. The molecule has 0 atom stereocenters. The number of nitrogens with one attached hydrogen (secondary N) is 1. The summed E-state index contributed by atoms with van der Waals surface area (Å²) in [4.78, 5) is 4.41. The van der Waals surface area contributed by atoms with Crippen molar-refractivity contribution in [2.24, 2.45) is 0 Å². The van der Waals surface area contributed by atoms with Gasteiger partial charge in [-0.2, -0.15) is 0 Å². The van der Waals surface area contributed by atoms with Gasteiger partial charge in [0.2, 0.25) is 0 Å². The summed E-state index contributed by atoms with van der Waals surface area (Å²) < 4.78 is 0. The lowest BCUT2D eigenvalue weighted by molar-refractivity contribution is 0.645. The molecular weight excluding hydrogens is 172 g/mol. The fourth-order valence-electron chi connectivity index (χ4n) is 1.29. The highest BCUT2D eigenvalue weighted by Crippen LogP contribution is 1.97. The lowest BCUT2D eigenvalue weighted by Gasteiger charge is -2.03. The molecule has 1 rings (SSSR count). The Balaban J connectivity index is 2.21. The molecule has 2 nitrogen and oxygen atoms in total. The molecule has 1 N–H and O–H groups in total. The Morgan fingerprint density at radius 2 is 2.36 bits per heavy atom. The standard InChI is InChI=1S/C12H18N2/c1-3-4-5-9-13-10-12-8-6-7-11(2)14-12/h3,6-8,13H,1,4-5,9-10H2,2H3. The molecule has 0 amide bonds. The van der Waals surface area contributed by atoms with Crippen LogP contribution in [0.3, 0.4) is 0 Å². The van der Waals surface area contributed by atoms with Gasteiger partial charge in [0.1, 0.15) is 0 Å². The van der Waals surface area contributed by atoms with Crippen LogP contribution in [0.25, 0.3) is 0 Å². The van der Waals surface area contributed by atoms with Crippen LogP contribution in [0.5, 0.6) is 0 Å². The van der Waals surface area contributed by atoms with Crippen molar-refractivity contribution in [3.8, 4) is 0 Å². The maximum atomic E-state index is 4.41. The molecule has 0 aliphatic rings. The second-order valence-corrected chi connectivity index (χ2v) is 3.38. The van der Waals surface area contributed by atoms with Gasteiger partial charge in [0.25, 0.3) is 0 Å². The first-order valence-electron chi connectivity index (χ1n) is 5.07. The van der Waals surface area contributed by atoms with Gasteiger partial charge in [-0.25, -0.2) is 0 Å². The summed E-state index contributed by atoms with van der Waals surface area (Å²) in [5, 5.41) is 3.35. The zero-order valence-electron chi connectivity index (χ0n) is 8.79. The minimum Gasteiger partial charge on any atom is -0.311 e. The molecule has 0 fully saturated rings. The van der Waals surface area contributed by atoms with Crippen molar-refractivity contribution in [1.29, 1.82) is 0 Å². The van der Waals surface area contributed by atoms with Crippen molar-refractivity contribution in [3.63, 3.8) is 0 Å². The van der Waals surface area contributed by atoms with Crippen LogP contribution < -0.4 is 5.32 Å². The third kappa shape index (κ3) is 4.19. The van der Waals surface area contributed by atoms with Crippen LogP contribution in [0.15, 0.2) is 30.9 Å². The van der Waals surface area contributed by atoms with Crippen molar-refractivity contribution in [2.45, 2.75) is 26.3 Å². The van der Waals surface area contributed by atoms with Crippen LogP contribution in [0, 0.1) is 6.92 Å². The molecule has 0 spiro atoms. The third-order valence-corrected chi connectivity index (χ3v) is 2.01. The van der Waals surface area contributed by atoms with E-state index in [1.807, 2.05) is 31.2 Å². The molecule has 1 aromatic heterocycles. The average Bonchev–Trinajstić information content (AvgIpc) is 2.18. The minimum absolute atomic E-state index is 0.860. The van der Waals surface area contributed by atoms with Gasteiger partial charge < -0.3 is 5.32 Å². The number of aromatic nitrogens is 1. The number of unbranched alkanes of at least 4 members (excludes halogenated alkanes) is 1. The van der Waals surface area contributed by atoms with E-state index in [1.54, 1.807) is 0 Å². The highest BCUT2D eigenvalue weighted by Gasteiger charge is 1.93. The predicted molar refractivity (Wildman–Crippen MR) is 60.1 cm³/mol. The number of rotatable bonds is 6. The summed E-state index contributed by atoms with van der Waals surface area (Å²) in [6.07, 6.45) is 4.18. The molecule has 0 aromatic carbocycles. The van der Waals surface area contributed by atoms with Crippen molar-refractivity contribution in [2.75, 3.05) is 6.54 Å². The van der Waals surface area contributed by atoms with Gasteiger partial charge in [-0.1, -0.05) is 12.1 Å². The third-order valence-electron chi connectivity index (χ3n) is 2.01. The summed E-state index contributed by atoms with van der Waals surface area (Å²) >= 11 is 0. The second-order valence-electron chi connectivity index (χ2n) is 3.38. The highest BCUT2D eigenvalue weighted by molar-refractivity contribution is 5.09. The van der Waals surface area contributed by atoms with Crippen LogP contribution >= 0.6 is 0 Å². The Morgan fingerprint density at radius 1 is 1.50 bits per heavy atom. The largest absolute Gasteiger partial charge is 0.311 e. The van der Waals surface area contributed by atoms with Crippen LogP contribution in [-0.2, 0) is 6.54 Å². The number of allylic oxidation sites excluding steroid dienone is 1. The SMILES string of the molecule is C=CCCCNCc1cccc(C)n1. The van der Waals surface area contributed by atoms with Crippen molar-refractivity contribution < 1.29 is 0 Å². The number of aryl methyl sites for hydroxylation is 1. The van der Waals surface area contributed by atoms with Crippen LogP contribution in [-0.4, -0.2) is 11.5 Å². The number of nitrogens with zero attached hydrogens (tertiary/aromatic N) is 1. The molecule has 76 valence electrons. The topological polar surface area (TPSA) is 24.9 Å². The lowest BCUT2D eigenvalue weighted by atomic mass is 10.3. The van der Waals surface area contributed by atoms with E-state index < -0.39 is 0 Å². The normalized spacial score (nSPS) is 10.1. The lowest BCUT2D eigenvalue weighted by Crippen LogP contribution is -2.15. The van der Waals surface area contributed by atoms with E-state index in [-0.39, 0.29) is 0 Å². The Bertz CT molecular complexity index is 281. The highest BCUT2D eigenvalue weighted by atomic mass is 14.9. The maximum absolute atomic E-state index is 4.41. The molecule has 14 heavy (non-hydrogen) atoms. The first-order chi connectivity index (χ1) is 6.83. The van der Waals surface area contributed by atoms with E-state index in [1.165, 1.54) is 0 Å². The average molecular weight is 190 g/mol. The molecular formula is C12H18N2. The Kier molecular flexibility index (Phi) is 4.94. The van der Waals surface area contributed by atoms with E-state index in [0.717, 1.165) is 37.3 Å². The number of hydrogen-bond acceptors (Lipinski definition) is 2. The number of hydrogen-bond donors (Lipinski definition) is 1. The van der Waals surface area contributed by atoms with E-state index in [9.17, 15) is 0 Å². The van der Waals surface area contributed by atoms with E-state index in [0.29, 0.717) is 0 Å². The second kappa shape index (κ2) is 6.33. The smallest absolute Gasteiger partial charge is 0.0544 e. The van der Waals surface area contributed by atoms with Gasteiger partial charge in [-0.3, -0.25) is 4.98 Å². The molecule has 0 saturated carbocycles. The summed E-state index contributed by atoms with van der Waals surface area (Å²) in [6.45, 7) is 7.59. The minimum atomic E-state index is 0.860. The van der Waals surface area contributed by atoms with Gasteiger partial charge in [-0.15, -0.1) is 6.58 Å². The molecule has 0 radical (unpaired) electrons. The van der Waals surface area contributed by atoms with Gasteiger partial charge in [0.15, 0.2) is 0 Å². The van der Waals surface area contributed by atoms with Crippen molar-refractivity contribution in [3.05, 3.63) is 42.2 Å². The van der Waals surface area contributed by atoms with Crippen molar-refractivity contribution >= 4 is 0 Å². The Hall–Kier alpha value is -1.15. The quantitative estimate of drug-likeness (QED) is 0.550. The van der Waals surface area contributed by atoms with Crippen LogP contribution in [0.2, 0.25) is 0 Å². The first-order valence-corrected chi connectivity index (χ1v) is 5.07.